The van der Waals surface area contributed by atoms with E-state index in [2.05, 4.69) is 15.6 Å². The smallest absolute Gasteiger partial charge is 0.356 e. The van der Waals surface area contributed by atoms with Crippen molar-refractivity contribution in [3.63, 3.8) is 0 Å². The number of benzene rings is 2. The number of ether oxygens (including phenoxy) is 2. The van der Waals surface area contributed by atoms with Crippen LogP contribution >= 0.6 is 0 Å². The Hall–Kier alpha value is -4.83. The second-order valence-electron chi connectivity index (χ2n) is 6.04. The lowest BCUT2D eigenvalue weighted by atomic mass is 10.1. The zero-order valence-electron chi connectivity index (χ0n) is 15.2. The summed E-state index contributed by atoms with van der Waals surface area (Å²) >= 11 is 0. The van der Waals surface area contributed by atoms with E-state index in [1.165, 1.54) is 10.7 Å². The van der Waals surface area contributed by atoms with Gasteiger partial charge in [0.1, 0.15) is 12.1 Å². The van der Waals surface area contributed by atoms with Crippen LogP contribution < -0.4 is 14.9 Å². The van der Waals surface area contributed by atoms with E-state index in [-0.39, 0.29) is 18.2 Å². The maximum absolute atomic E-state index is 11.5. The van der Waals surface area contributed by atoms with Gasteiger partial charge >= 0.3 is 5.97 Å². The summed E-state index contributed by atoms with van der Waals surface area (Å²) in [6.07, 6.45) is 0. The summed E-state index contributed by atoms with van der Waals surface area (Å²) in [7, 11) is 0. The van der Waals surface area contributed by atoms with Gasteiger partial charge in [-0.3, -0.25) is 5.43 Å². The molecule has 2 N–H and O–H groups in total. The monoisotopic (exact) mass is 400 g/mol. The Bertz CT molecular complexity index is 1230. The van der Waals surface area contributed by atoms with E-state index in [0.717, 1.165) is 0 Å². The number of nitrogens with zero attached hydrogens (tertiary/aromatic N) is 5. The molecule has 0 fully saturated rings. The average Bonchev–Trinajstić information content (AvgIpc) is 3.41. The first kappa shape index (κ1) is 18.5. The topological polar surface area (TPSA) is 146 Å². The van der Waals surface area contributed by atoms with Crippen molar-refractivity contribution in [1.29, 1.82) is 10.5 Å². The molecule has 0 unspecified atom stereocenters. The third-order valence-corrected chi connectivity index (χ3v) is 4.22. The summed E-state index contributed by atoms with van der Waals surface area (Å²) < 4.78 is 12.2. The molecule has 0 aliphatic carbocycles. The van der Waals surface area contributed by atoms with Crippen molar-refractivity contribution in [3.8, 4) is 40.6 Å². The van der Waals surface area contributed by atoms with Crippen LogP contribution in [0, 0.1) is 22.7 Å². The van der Waals surface area contributed by atoms with Crippen LogP contribution in [-0.4, -0.2) is 33.4 Å². The fourth-order valence-electron chi connectivity index (χ4n) is 2.82. The molecular formula is C20H12N6O4. The molecule has 0 saturated heterocycles. The number of carboxylic acids is 1. The van der Waals surface area contributed by atoms with Crippen LogP contribution in [0.5, 0.6) is 11.5 Å². The fourth-order valence-corrected chi connectivity index (χ4v) is 2.82. The molecule has 10 nitrogen and oxygen atoms in total. The number of rotatable bonds is 5. The molecule has 146 valence electrons. The molecule has 1 aliphatic heterocycles. The molecular weight excluding hydrogens is 388 g/mol. The van der Waals surface area contributed by atoms with E-state index in [1.54, 1.807) is 54.6 Å². The Balaban J connectivity index is 1.70. The van der Waals surface area contributed by atoms with Gasteiger partial charge < -0.3 is 14.6 Å². The van der Waals surface area contributed by atoms with Gasteiger partial charge in [0.05, 0.1) is 17.1 Å². The Kier molecular flexibility index (Phi) is 4.73. The van der Waals surface area contributed by atoms with Crippen LogP contribution in [0.3, 0.4) is 0 Å². The molecule has 0 spiro atoms. The predicted molar refractivity (Wildman–Crippen MR) is 104 cm³/mol. The predicted octanol–water partition coefficient (Wildman–Crippen LogP) is 2.78. The summed E-state index contributed by atoms with van der Waals surface area (Å²) in [6.45, 7) is 0.134. The summed E-state index contributed by atoms with van der Waals surface area (Å²) in [5.74, 6) is 0.0394. The van der Waals surface area contributed by atoms with Crippen LogP contribution in [0.15, 0.2) is 53.6 Å². The fraction of sp³-hybridized carbons (Fsp3) is 0.0500. The van der Waals surface area contributed by atoms with Crippen LogP contribution in [0.4, 0.5) is 5.69 Å². The van der Waals surface area contributed by atoms with E-state index in [0.29, 0.717) is 34.1 Å². The Morgan fingerprint density at radius 3 is 2.53 bits per heavy atom. The van der Waals surface area contributed by atoms with Crippen molar-refractivity contribution in [2.75, 3.05) is 12.2 Å². The molecule has 0 atom stereocenters. The number of carboxylic acid groups (broad SMARTS) is 1. The van der Waals surface area contributed by atoms with Gasteiger partial charge in [0.25, 0.3) is 0 Å². The highest BCUT2D eigenvalue weighted by Gasteiger charge is 2.19. The molecule has 30 heavy (non-hydrogen) atoms. The SMILES string of the molecule is N#CC(C#N)=NNc1ccc(-n2nc(C(=O)O)cc2-c2ccc3c(c2)OCO3)cc1. The number of hydrogen-bond donors (Lipinski definition) is 2. The highest BCUT2D eigenvalue weighted by atomic mass is 16.7. The van der Waals surface area contributed by atoms with Gasteiger partial charge in [0.2, 0.25) is 12.5 Å². The minimum atomic E-state index is -1.15. The summed E-state index contributed by atoms with van der Waals surface area (Å²) in [5.41, 5.74) is 4.60. The van der Waals surface area contributed by atoms with Crippen molar-refractivity contribution in [1.82, 2.24) is 9.78 Å². The van der Waals surface area contributed by atoms with Gasteiger partial charge in [0, 0.05) is 5.56 Å². The number of hydrogen-bond acceptors (Lipinski definition) is 8. The van der Waals surface area contributed by atoms with Crippen LogP contribution in [0.25, 0.3) is 16.9 Å². The first-order chi connectivity index (χ1) is 14.6. The number of aromatic nitrogens is 2. The largest absolute Gasteiger partial charge is 0.476 e. The molecule has 0 amide bonds. The Morgan fingerprint density at radius 2 is 1.83 bits per heavy atom. The first-order valence-corrected chi connectivity index (χ1v) is 8.57. The quantitative estimate of drug-likeness (QED) is 0.491. The lowest BCUT2D eigenvalue weighted by Gasteiger charge is -2.09. The highest BCUT2D eigenvalue weighted by Crippen LogP contribution is 2.36. The number of nitrogens with one attached hydrogen (secondary N) is 1. The number of nitriles is 2. The molecule has 10 heteroatoms. The number of aromatic carboxylic acids is 1. The zero-order valence-corrected chi connectivity index (χ0v) is 15.2. The molecule has 2 heterocycles. The third kappa shape index (κ3) is 3.48. The number of anilines is 1. The van der Waals surface area contributed by atoms with E-state index >= 15 is 0 Å². The van der Waals surface area contributed by atoms with Gasteiger partial charge in [-0.1, -0.05) is 0 Å². The Labute approximate surface area is 169 Å². The van der Waals surface area contributed by atoms with Gasteiger partial charge in [0.15, 0.2) is 17.2 Å². The minimum absolute atomic E-state index is 0.109. The number of carbonyl (C=O) groups is 1. The maximum atomic E-state index is 11.5. The maximum Gasteiger partial charge on any atom is 0.356 e. The van der Waals surface area contributed by atoms with E-state index < -0.39 is 5.97 Å². The average molecular weight is 400 g/mol. The van der Waals surface area contributed by atoms with Gasteiger partial charge in [-0.15, -0.1) is 0 Å². The zero-order chi connectivity index (χ0) is 21.1. The number of hydrazone groups is 1. The molecule has 1 aliphatic rings. The lowest BCUT2D eigenvalue weighted by molar-refractivity contribution is 0.0690. The van der Waals surface area contributed by atoms with E-state index in [4.69, 9.17) is 20.0 Å². The summed E-state index contributed by atoms with van der Waals surface area (Å²) in [5, 5.41) is 34.7. The molecule has 0 radical (unpaired) electrons. The van der Waals surface area contributed by atoms with Gasteiger partial charge in [-0.25, -0.2) is 9.48 Å². The van der Waals surface area contributed by atoms with E-state index in [1.807, 2.05) is 0 Å². The standard InChI is InChI=1S/C20H12N6O4/c21-9-14(10-22)24-23-13-2-4-15(5-3-13)26-17(8-16(25-26)20(27)28)12-1-6-18-19(7-12)30-11-29-18/h1-8,23H,11H2,(H,27,28). The van der Waals surface area contributed by atoms with Crippen molar-refractivity contribution >= 4 is 17.4 Å². The molecule has 2 aromatic carbocycles. The van der Waals surface area contributed by atoms with Crippen molar-refractivity contribution in [2.45, 2.75) is 0 Å². The second kappa shape index (κ2) is 7.66. The normalized spacial score (nSPS) is 11.3. The van der Waals surface area contributed by atoms with Crippen LogP contribution in [0.2, 0.25) is 0 Å². The molecule has 3 aromatic rings. The summed E-state index contributed by atoms with van der Waals surface area (Å²) in [6, 6.07) is 16.8. The minimum Gasteiger partial charge on any atom is -0.476 e. The Morgan fingerprint density at radius 1 is 1.10 bits per heavy atom. The highest BCUT2D eigenvalue weighted by molar-refractivity contribution is 6.10. The van der Waals surface area contributed by atoms with Gasteiger partial charge in [-0.05, 0) is 48.5 Å². The van der Waals surface area contributed by atoms with Crippen molar-refractivity contribution in [2.24, 2.45) is 5.10 Å². The van der Waals surface area contributed by atoms with Crippen LogP contribution in [-0.2, 0) is 0 Å². The second-order valence-corrected chi connectivity index (χ2v) is 6.04. The van der Waals surface area contributed by atoms with Crippen molar-refractivity contribution in [3.05, 3.63) is 54.2 Å². The van der Waals surface area contributed by atoms with Gasteiger partial charge in [-0.2, -0.15) is 20.7 Å². The molecule has 1 aromatic heterocycles. The van der Waals surface area contributed by atoms with Crippen LogP contribution in [0.1, 0.15) is 10.5 Å². The molecule has 0 bridgehead atoms. The van der Waals surface area contributed by atoms with Crippen molar-refractivity contribution < 1.29 is 19.4 Å². The lowest BCUT2D eigenvalue weighted by Crippen LogP contribution is -2.03. The first-order valence-electron chi connectivity index (χ1n) is 8.57. The summed E-state index contributed by atoms with van der Waals surface area (Å²) in [4.78, 5) is 11.5. The van der Waals surface area contributed by atoms with E-state index in [9.17, 15) is 9.90 Å². The number of fused-ring (bicyclic) bond motifs is 1. The molecule has 4 rings (SSSR count). The third-order valence-electron chi connectivity index (χ3n) is 4.22. The molecule has 0 saturated carbocycles.